The number of hydrogen-bond donors (Lipinski definition) is 1. The molecular formula is C15H24N2S. The molecule has 2 nitrogen and oxygen atoms in total. The molecule has 3 heteroatoms. The number of aryl methyl sites for hydroxylation is 1. The molecule has 0 saturated carbocycles. The molecule has 0 aliphatic rings. The van der Waals surface area contributed by atoms with Crippen LogP contribution >= 0.6 is 12.2 Å². The Morgan fingerprint density at radius 2 is 2.00 bits per heavy atom. The average molecular weight is 264 g/mol. The van der Waals surface area contributed by atoms with Crippen LogP contribution in [-0.4, -0.2) is 23.0 Å². The molecule has 0 aliphatic heterocycles. The van der Waals surface area contributed by atoms with Gasteiger partial charge in [-0.25, -0.2) is 0 Å². The third-order valence-corrected chi connectivity index (χ3v) is 3.16. The molecular weight excluding hydrogens is 240 g/mol. The largest absolute Gasteiger partial charge is 0.393 e. The summed E-state index contributed by atoms with van der Waals surface area (Å²) >= 11 is 4.97. The van der Waals surface area contributed by atoms with Crippen molar-refractivity contribution in [2.24, 2.45) is 11.7 Å². The van der Waals surface area contributed by atoms with Crippen LogP contribution in [0.4, 0.5) is 0 Å². The van der Waals surface area contributed by atoms with Crippen molar-refractivity contribution in [2.45, 2.75) is 33.7 Å². The van der Waals surface area contributed by atoms with Crippen LogP contribution in [-0.2, 0) is 6.54 Å². The monoisotopic (exact) mass is 264 g/mol. The molecule has 0 spiro atoms. The quantitative estimate of drug-likeness (QED) is 0.767. The second kappa shape index (κ2) is 7.49. The van der Waals surface area contributed by atoms with E-state index in [1.165, 1.54) is 11.1 Å². The predicted octanol–water partition coefficient (Wildman–Crippen LogP) is 3.13. The first-order valence-electron chi connectivity index (χ1n) is 6.54. The lowest BCUT2D eigenvalue weighted by Crippen LogP contribution is -2.30. The van der Waals surface area contributed by atoms with Gasteiger partial charge in [-0.3, -0.25) is 4.90 Å². The molecule has 100 valence electrons. The van der Waals surface area contributed by atoms with E-state index in [9.17, 15) is 0 Å². The van der Waals surface area contributed by atoms with Crippen LogP contribution < -0.4 is 5.73 Å². The molecule has 0 bridgehead atoms. The maximum Gasteiger partial charge on any atom is 0.0740 e. The van der Waals surface area contributed by atoms with Crippen molar-refractivity contribution in [3.05, 3.63) is 35.4 Å². The zero-order valence-corrected chi connectivity index (χ0v) is 12.5. The summed E-state index contributed by atoms with van der Waals surface area (Å²) in [5.41, 5.74) is 8.34. The highest BCUT2D eigenvalue weighted by Gasteiger charge is 2.09. The van der Waals surface area contributed by atoms with Crippen molar-refractivity contribution in [2.75, 3.05) is 13.1 Å². The molecule has 0 fully saturated rings. The van der Waals surface area contributed by atoms with Gasteiger partial charge >= 0.3 is 0 Å². The standard InChI is InChI=1S/C15H24N2S/c1-12(2)10-17(9-8-15(16)18)11-14-7-5-4-6-13(14)3/h4-7,12H,8-11H2,1-3H3,(H2,16,18). The van der Waals surface area contributed by atoms with Crippen molar-refractivity contribution in [1.82, 2.24) is 4.90 Å². The van der Waals surface area contributed by atoms with Gasteiger partial charge in [0.05, 0.1) is 4.99 Å². The molecule has 0 amide bonds. The number of nitrogens with two attached hydrogens (primary N) is 1. The minimum absolute atomic E-state index is 0.605. The third kappa shape index (κ3) is 5.61. The van der Waals surface area contributed by atoms with Gasteiger partial charge in [0, 0.05) is 26.1 Å². The summed E-state index contributed by atoms with van der Waals surface area (Å²) < 4.78 is 0. The van der Waals surface area contributed by atoms with E-state index in [1.54, 1.807) is 0 Å². The molecule has 0 unspecified atom stereocenters. The van der Waals surface area contributed by atoms with E-state index in [-0.39, 0.29) is 0 Å². The van der Waals surface area contributed by atoms with Crippen LogP contribution in [0.3, 0.4) is 0 Å². The Kier molecular flexibility index (Phi) is 6.30. The van der Waals surface area contributed by atoms with Crippen molar-refractivity contribution < 1.29 is 0 Å². The molecule has 1 rings (SSSR count). The number of nitrogens with zero attached hydrogens (tertiary/aromatic N) is 1. The number of rotatable bonds is 7. The van der Waals surface area contributed by atoms with E-state index in [2.05, 4.69) is 49.9 Å². The highest BCUT2D eigenvalue weighted by molar-refractivity contribution is 7.80. The molecule has 0 heterocycles. The minimum Gasteiger partial charge on any atom is -0.393 e. The van der Waals surface area contributed by atoms with Gasteiger partial charge in [-0.2, -0.15) is 0 Å². The topological polar surface area (TPSA) is 29.3 Å². The van der Waals surface area contributed by atoms with Gasteiger partial charge < -0.3 is 5.73 Å². The van der Waals surface area contributed by atoms with E-state index in [0.717, 1.165) is 26.1 Å². The average Bonchev–Trinajstić information content (AvgIpc) is 2.28. The predicted molar refractivity (Wildman–Crippen MR) is 82.7 cm³/mol. The van der Waals surface area contributed by atoms with Crippen molar-refractivity contribution >= 4 is 17.2 Å². The molecule has 2 N–H and O–H groups in total. The first-order chi connectivity index (χ1) is 8.49. The number of hydrogen-bond acceptors (Lipinski definition) is 2. The highest BCUT2D eigenvalue weighted by atomic mass is 32.1. The summed E-state index contributed by atoms with van der Waals surface area (Å²) in [6, 6.07) is 8.55. The van der Waals surface area contributed by atoms with Gasteiger partial charge in [0.2, 0.25) is 0 Å². The summed E-state index contributed by atoms with van der Waals surface area (Å²) in [5, 5.41) is 0. The zero-order valence-electron chi connectivity index (χ0n) is 11.6. The lowest BCUT2D eigenvalue weighted by molar-refractivity contribution is 0.242. The van der Waals surface area contributed by atoms with E-state index >= 15 is 0 Å². The molecule has 0 atom stereocenters. The minimum atomic E-state index is 0.605. The fourth-order valence-corrected chi connectivity index (χ4v) is 2.14. The highest BCUT2D eigenvalue weighted by Crippen LogP contribution is 2.12. The molecule has 18 heavy (non-hydrogen) atoms. The van der Waals surface area contributed by atoms with E-state index < -0.39 is 0 Å². The Bertz CT molecular complexity index is 388. The Labute approximate surface area is 116 Å². The molecule has 0 aromatic heterocycles. The Hall–Kier alpha value is -0.930. The van der Waals surface area contributed by atoms with Crippen molar-refractivity contribution in [3.63, 3.8) is 0 Å². The lowest BCUT2D eigenvalue weighted by Gasteiger charge is -2.25. The molecule has 0 radical (unpaired) electrons. The van der Waals surface area contributed by atoms with E-state index in [4.69, 9.17) is 18.0 Å². The SMILES string of the molecule is Cc1ccccc1CN(CCC(N)=S)CC(C)C. The van der Waals surface area contributed by atoms with Gasteiger partial charge in [0.25, 0.3) is 0 Å². The summed E-state index contributed by atoms with van der Waals surface area (Å²) in [6.07, 6.45) is 0.800. The second-order valence-electron chi connectivity index (χ2n) is 5.27. The van der Waals surface area contributed by atoms with Crippen LogP contribution in [0.2, 0.25) is 0 Å². The van der Waals surface area contributed by atoms with Crippen LogP contribution in [0.5, 0.6) is 0 Å². The van der Waals surface area contributed by atoms with Gasteiger partial charge in [0.15, 0.2) is 0 Å². The summed E-state index contributed by atoms with van der Waals surface area (Å²) in [6.45, 7) is 9.65. The van der Waals surface area contributed by atoms with Gasteiger partial charge in [-0.15, -0.1) is 0 Å². The van der Waals surface area contributed by atoms with Crippen LogP contribution in [0.15, 0.2) is 24.3 Å². The second-order valence-corrected chi connectivity index (χ2v) is 5.80. The Balaban J connectivity index is 2.65. The molecule has 0 saturated heterocycles. The third-order valence-electron chi connectivity index (χ3n) is 2.95. The first kappa shape index (κ1) is 15.1. The Morgan fingerprint density at radius 1 is 1.33 bits per heavy atom. The lowest BCUT2D eigenvalue weighted by atomic mass is 10.1. The smallest absolute Gasteiger partial charge is 0.0740 e. The zero-order chi connectivity index (χ0) is 13.5. The maximum atomic E-state index is 5.60. The first-order valence-corrected chi connectivity index (χ1v) is 6.95. The van der Waals surface area contributed by atoms with Gasteiger partial charge in [-0.1, -0.05) is 50.3 Å². The van der Waals surface area contributed by atoms with Crippen LogP contribution in [0.25, 0.3) is 0 Å². The van der Waals surface area contributed by atoms with E-state index in [0.29, 0.717) is 10.9 Å². The molecule has 0 aliphatic carbocycles. The fourth-order valence-electron chi connectivity index (χ4n) is 2.05. The summed E-state index contributed by atoms with van der Waals surface area (Å²) in [4.78, 5) is 3.04. The van der Waals surface area contributed by atoms with Crippen LogP contribution in [0.1, 0.15) is 31.4 Å². The van der Waals surface area contributed by atoms with E-state index in [1.807, 2.05) is 0 Å². The van der Waals surface area contributed by atoms with Crippen molar-refractivity contribution in [1.29, 1.82) is 0 Å². The maximum absolute atomic E-state index is 5.60. The van der Waals surface area contributed by atoms with Gasteiger partial charge in [0.1, 0.15) is 0 Å². The normalized spacial score (nSPS) is 11.2. The fraction of sp³-hybridized carbons (Fsp3) is 0.533. The number of thiocarbonyl (C=S) groups is 1. The van der Waals surface area contributed by atoms with Crippen LogP contribution in [0, 0.1) is 12.8 Å². The molecule has 1 aromatic carbocycles. The van der Waals surface area contributed by atoms with Gasteiger partial charge in [-0.05, 0) is 24.0 Å². The molecule has 1 aromatic rings. The van der Waals surface area contributed by atoms with Crippen molar-refractivity contribution in [3.8, 4) is 0 Å². The summed E-state index contributed by atoms with van der Waals surface area (Å²) in [5.74, 6) is 0.653. The summed E-state index contributed by atoms with van der Waals surface area (Å²) in [7, 11) is 0. The number of benzene rings is 1. The Morgan fingerprint density at radius 3 is 2.56 bits per heavy atom.